The highest BCUT2D eigenvalue weighted by Crippen LogP contribution is 2.35. The van der Waals surface area contributed by atoms with Crippen molar-refractivity contribution in [3.63, 3.8) is 0 Å². The summed E-state index contributed by atoms with van der Waals surface area (Å²) in [7, 11) is 0. The van der Waals surface area contributed by atoms with Gasteiger partial charge in [-0.2, -0.15) is 9.61 Å². The molecule has 11 nitrogen and oxygen atoms in total. The zero-order valence-electron chi connectivity index (χ0n) is 19.9. The van der Waals surface area contributed by atoms with Crippen LogP contribution in [-0.2, 0) is 20.8 Å². The number of aromatic nitrogens is 3. The van der Waals surface area contributed by atoms with Crippen LogP contribution >= 0.6 is 0 Å². The minimum atomic E-state index is -0.691. The molecular formula is C24H31N5O6. The molecule has 188 valence electrons. The Hall–Kier alpha value is -3.18. The smallest absolute Gasteiger partial charge is 0.291 e. The first-order valence-corrected chi connectivity index (χ1v) is 12.1. The molecule has 2 saturated heterocycles. The van der Waals surface area contributed by atoms with Crippen molar-refractivity contribution < 1.29 is 24.2 Å². The van der Waals surface area contributed by atoms with Gasteiger partial charge in [-0.25, -0.2) is 0 Å². The van der Waals surface area contributed by atoms with E-state index >= 15 is 0 Å². The number of hydrogen-bond acceptors (Lipinski definition) is 7. The van der Waals surface area contributed by atoms with Crippen LogP contribution in [0.1, 0.15) is 48.5 Å². The lowest BCUT2D eigenvalue weighted by Gasteiger charge is -2.34. The zero-order valence-corrected chi connectivity index (χ0v) is 19.9. The molecule has 1 aliphatic carbocycles. The Morgan fingerprint density at radius 3 is 2.57 bits per heavy atom. The molecule has 0 bridgehead atoms. The number of hydrogen-bond donors (Lipinski definition) is 2. The number of ether oxygens (including phenoxy) is 2. The minimum absolute atomic E-state index is 0.0285. The third kappa shape index (κ3) is 4.83. The zero-order chi connectivity index (χ0) is 24.6. The van der Waals surface area contributed by atoms with Crippen molar-refractivity contribution in [1.29, 1.82) is 0 Å². The van der Waals surface area contributed by atoms with Gasteiger partial charge in [0.05, 0.1) is 19.4 Å². The number of nitrogens with one attached hydrogen (secondary N) is 1. The molecule has 2 aromatic heterocycles. The number of carbonyl (C=O) groups is 2. The Bertz CT molecular complexity index is 1220. The molecule has 3 aliphatic rings. The molecule has 4 heterocycles. The van der Waals surface area contributed by atoms with Crippen LogP contribution in [-0.4, -0.2) is 81.6 Å². The minimum Gasteiger partial charge on any atom is -0.494 e. The van der Waals surface area contributed by atoms with Crippen LogP contribution in [0, 0.1) is 5.41 Å². The fourth-order valence-electron chi connectivity index (χ4n) is 4.62. The molecule has 2 amide bonds. The predicted octanol–water partition coefficient (Wildman–Crippen LogP) is 0.782. The Kier molecular flexibility index (Phi) is 6.37. The van der Waals surface area contributed by atoms with E-state index in [2.05, 4.69) is 17.3 Å². The van der Waals surface area contributed by atoms with Gasteiger partial charge in [0.15, 0.2) is 5.56 Å². The van der Waals surface area contributed by atoms with Gasteiger partial charge in [-0.3, -0.25) is 19.0 Å². The number of amides is 2. The quantitative estimate of drug-likeness (QED) is 0.579. The number of fused-ring (bicyclic) bond motifs is 1. The number of rotatable bonds is 6. The van der Waals surface area contributed by atoms with E-state index in [4.69, 9.17) is 9.47 Å². The van der Waals surface area contributed by atoms with E-state index in [1.807, 2.05) is 0 Å². The van der Waals surface area contributed by atoms with Gasteiger partial charge in [0.1, 0.15) is 5.65 Å². The first-order valence-electron chi connectivity index (χ1n) is 12.1. The number of morpholine rings is 1. The second-order valence-electron chi connectivity index (χ2n) is 9.87. The van der Waals surface area contributed by atoms with Gasteiger partial charge in [0.2, 0.25) is 11.8 Å². The van der Waals surface area contributed by atoms with E-state index < -0.39 is 11.5 Å². The van der Waals surface area contributed by atoms with E-state index in [0.717, 1.165) is 30.2 Å². The van der Waals surface area contributed by atoms with Crippen LogP contribution in [0.5, 0.6) is 5.88 Å². The van der Waals surface area contributed by atoms with Crippen molar-refractivity contribution in [3.8, 4) is 5.88 Å². The summed E-state index contributed by atoms with van der Waals surface area (Å²) in [6, 6.07) is 0.0285. The second kappa shape index (κ2) is 9.46. The fraction of sp³-hybridized carbons (Fsp3) is 0.583. The molecule has 0 atom stereocenters. The molecule has 5 rings (SSSR count). The van der Waals surface area contributed by atoms with Crippen LogP contribution in [0.3, 0.4) is 0 Å². The van der Waals surface area contributed by atoms with E-state index in [-0.39, 0.29) is 28.8 Å². The highest BCUT2D eigenvalue weighted by molar-refractivity contribution is 5.97. The Labute approximate surface area is 202 Å². The summed E-state index contributed by atoms with van der Waals surface area (Å²) in [6.45, 7) is 5.69. The van der Waals surface area contributed by atoms with Crippen molar-refractivity contribution in [2.75, 3.05) is 39.5 Å². The number of carbonyl (C=O) groups excluding carboxylic acids is 2. The van der Waals surface area contributed by atoms with Gasteiger partial charge in [0, 0.05) is 50.5 Å². The molecule has 0 radical (unpaired) electrons. The molecule has 1 saturated carbocycles. The maximum atomic E-state index is 13.2. The third-order valence-corrected chi connectivity index (χ3v) is 7.02. The molecule has 0 aromatic carbocycles. The lowest BCUT2D eigenvalue weighted by atomic mass is 9.82. The average Bonchev–Trinajstić information content (AvgIpc) is 3.56. The standard InChI is InChI=1S/C24H31N5O6/c1-24(6-10-34-11-7-24)15-28-21-16(2-5-18(30)27-8-12-35-13-9-27)14-25-29(21)23(33)19(22(28)32)20(31)26-17-3-4-17/h2,5,14,17,32H,3-4,6-13,15H2,1H3,(H,26,31)/b5-2+. The largest absolute Gasteiger partial charge is 0.494 e. The highest BCUT2D eigenvalue weighted by Gasteiger charge is 2.33. The van der Waals surface area contributed by atoms with Crippen LogP contribution in [0.4, 0.5) is 0 Å². The Morgan fingerprint density at radius 2 is 1.89 bits per heavy atom. The van der Waals surface area contributed by atoms with Gasteiger partial charge >= 0.3 is 0 Å². The van der Waals surface area contributed by atoms with Crippen LogP contribution in [0.15, 0.2) is 17.1 Å². The van der Waals surface area contributed by atoms with Gasteiger partial charge in [-0.15, -0.1) is 0 Å². The monoisotopic (exact) mass is 485 g/mol. The van der Waals surface area contributed by atoms with Crippen molar-refractivity contribution >= 4 is 23.5 Å². The summed E-state index contributed by atoms with van der Waals surface area (Å²) in [5, 5.41) is 18.3. The lowest BCUT2D eigenvalue weighted by molar-refractivity contribution is -0.129. The van der Waals surface area contributed by atoms with Crippen LogP contribution in [0.25, 0.3) is 11.7 Å². The summed E-state index contributed by atoms with van der Waals surface area (Å²) >= 11 is 0. The summed E-state index contributed by atoms with van der Waals surface area (Å²) in [6.07, 6.45) is 7.77. The molecule has 35 heavy (non-hydrogen) atoms. The Morgan fingerprint density at radius 1 is 1.20 bits per heavy atom. The molecule has 3 fully saturated rings. The van der Waals surface area contributed by atoms with Gasteiger partial charge in [-0.1, -0.05) is 6.92 Å². The van der Waals surface area contributed by atoms with Crippen molar-refractivity contribution in [2.24, 2.45) is 5.41 Å². The average molecular weight is 486 g/mol. The van der Waals surface area contributed by atoms with Gasteiger partial charge < -0.3 is 24.8 Å². The van der Waals surface area contributed by atoms with Crippen molar-refractivity contribution in [2.45, 2.75) is 45.2 Å². The van der Waals surface area contributed by atoms with E-state index in [1.165, 1.54) is 12.3 Å². The number of nitrogens with zero attached hydrogens (tertiary/aromatic N) is 4. The summed E-state index contributed by atoms with van der Waals surface area (Å²) < 4.78 is 13.5. The van der Waals surface area contributed by atoms with Gasteiger partial charge in [0.25, 0.3) is 11.5 Å². The molecular weight excluding hydrogens is 454 g/mol. The van der Waals surface area contributed by atoms with E-state index in [1.54, 1.807) is 15.5 Å². The van der Waals surface area contributed by atoms with Crippen LogP contribution < -0.4 is 10.9 Å². The molecule has 0 spiro atoms. The first kappa shape index (κ1) is 23.6. The van der Waals surface area contributed by atoms with E-state index in [9.17, 15) is 19.5 Å². The number of aromatic hydroxyl groups is 1. The third-order valence-electron chi connectivity index (χ3n) is 7.02. The molecule has 0 unspecified atom stereocenters. The molecule has 11 heteroatoms. The first-order chi connectivity index (χ1) is 16.9. The molecule has 2 N–H and O–H groups in total. The maximum Gasteiger partial charge on any atom is 0.291 e. The van der Waals surface area contributed by atoms with E-state index in [0.29, 0.717) is 57.3 Å². The normalized spacial score (nSPS) is 20.4. The summed E-state index contributed by atoms with van der Waals surface area (Å²) in [4.78, 5) is 40.5. The van der Waals surface area contributed by atoms with Gasteiger partial charge in [-0.05, 0) is 37.2 Å². The predicted molar refractivity (Wildman–Crippen MR) is 126 cm³/mol. The SMILES string of the molecule is CC1(Cn2c(O)c(C(=O)NC3CC3)c(=O)n3ncc(/C=C/C(=O)N4CCOCC4)c23)CCOCC1. The topological polar surface area (TPSA) is 127 Å². The molecule has 2 aromatic rings. The highest BCUT2D eigenvalue weighted by atomic mass is 16.5. The van der Waals surface area contributed by atoms with Crippen molar-refractivity contribution in [3.05, 3.63) is 33.8 Å². The van der Waals surface area contributed by atoms with Crippen molar-refractivity contribution in [1.82, 2.24) is 24.4 Å². The summed E-state index contributed by atoms with van der Waals surface area (Å²) in [5.41, 5.74) is -0.381. The molecule has 2 aliphatic heterocycles. The second-order valence-corrected chi connectivity index (χ2v) is 9.87. The van der Waals surface area contributed by atoms with Crippen LogP contribution in [0.2, 0.25) is 0 Å². The maximum absolute atomic E-state index is 13.2. The lowest BCUT2D eigenvalue weighted by Crippen LogP contribution is -2.39. The summed E-state index contributed by atoms with van der Waals surface area (Å²) in [5.74, 6) is -1.15. The fourth-order valence-corrected chi connectivity index (χ4v) is 4.62. The Balaban J connectivity index is 1.57.